The van der Waals surface area contributed by atoms with Crippen LogP contribution in [0.4, 0.5) is 5.00 Å². The van der Waals surface area contributed by atoms with Gasteiger partial charge in [-0.1, -0.05) is 0 Å². The van der Waals surface area contributed by atoms with Crippen LogP contribution in [0.1, 0.15) is 15.9 Å². The Kier molecular flexibility index (Phi) is 5.37. The maximum Gasteiger partial charge on any atom is 0.251 e. The second-order valence-corrected chi connectivity index (χ2v) is 5.37. The minimum atomic E-state index is -0.583. The van der Waals surface area contributed by atoms with E-state index in [0.717, 1.165) is 0 Å². The largest absolute Gasteiger partial charge is 0.497 e. The quantitative estimate of drug-likeness (QED) is 0.795. The van der Waals surface area contributed by atoms with Crippen LogP contribution in [-0.4, -0.2) is 26.0 Å². The molecule has 0 aliphatic heterocycles. The number of nitrogens with one attached hydrogen (secondary N) is 1. The van der Waals surface area contributed by atoms with Crippen molar-refractivity contribution >= 4 is 34.2 Å². The summed E-state index contributed by atoms with van der Waals surface area (Å²) in [4.78, 5) is 23.2. The highest BCUT2D eigenvalue weighted by atomic mass is 32.1. The molecular formula is C16H16N2O4S. The van der Waals surface area contributed by atoms with Gasteiger partial charge in [0.25, 0.3) is 5.91 Å². The number of carbonyl (C=O) groups is 2. The second kappa shape index (κ2) is 7.46. The van der Waals surface area contributed by atoms with E-state index in [1.807, 2.05) is 0 Å². The van der Waals surface area contributed by atoms with Crippen molar-refractivity contribution < 1.29 is 19.1 Å². The molecule has 2 rings (SSSR count). The lowest BCUT2D eigenvalue weighted by Gasteiger charge is -2.07. The number of carbonyl (C=O) groups excluding carboxylic acids is 2. The van der Waals surface area contributed by atoms with E-state index in [2.05, 4.69) is 5.32 Å². The summed E-state index contributed by atoms with van der Waals surface area (Å²) >= 11 is 1.23. The third-order valence-electron chi connectivity index (χ3n) is 3.02. The summed E-state index contributed by atoms with van der Waals surface area (Å²) in [5, 5.41) is 4.73. The first kappa shape index (κ1) is 16.6. The molecule has 0 unspecified atom stereocenters. The van der Waals surface area contributed by atoms with Gasteiger partial charge in [-0.25, -0.2) is 0 Å². The summed E-state index contributed by atoms with van der Waals surface area (Å²) in [5.41, 5.74) is 6.22. The van der Waals surface area contributed by atoms with E-state index in [4.69, 9.17) is 15.2 Å². The average Bonchev–Trinajstić information content (AvgIpc) is 3.00. The normalized spacial score (nSPS) is 10.5. The van der Waals surface area contributed by atoms with Crippen molar-refractivity contribution in [2.24, 2.45) is 5.73 Å². The van der Waals surface area contributed by atoms with E-state index >= 15 is 0 Å². The lowest BCUT2D eigenvalue weighted by molar-refractivity contribution is -0.111. The Bertz CT molecular complexity index is 752. The van der Waals surface area contributed by atoms with Gasteiger partial charge < -0.3 is 20.5 Å². The number of primary amides is 1. The molecule has 120 valence electrons. The average molecular weight is 332 g/mol. The lowest BCUT2D eigenvalue weighted by Crippen LogP contribution is -2.14. The molecule has 3 N–H and O–H groups in total. The van der Waals surface area contributed by atoms with Crippen molar-refractivity contribution in [2.75, 3.05) is 19.5 Å². The lowest BCUT2D eigenvalue weighted by atomic mass is 10.1. The predicted molar refractivity (Wildman–Crippen MR) is 90.0 cm³/mol. The zero-order chi connectivity index (χ0) is 16.8. The molecule has 23 heavy (non-hydrogen) atoms. The van der Waals surface area contributed by atoms with Gasteiger partial charge in [-0.3, -0.25) is 9.59 Å². The second-order valence-electron chi connectivity index (χ2n) is 4.46. The van der Waals surface area contributed by atoms with E-state index in [1.165, 1.54) is 17.4 Å². The van der Waals surface area contributed by atoms with Gasteiger partial charge in [0.2, 0.25) is 5.91 Å². The minimum Gasteiger partial charge on any atom is -0.497 e. The van der Waals surface area contributed by atoms with Gasteiger partial charge in [-0.15, -0.1) is 11.3 Å². The van der Waals surface area contributed by atoms with Crippen molar-refractivity contribution in [3.63, 3.8) is 0 Å². The van der Waals surface area contributed by atoms with Gasteiger partial charge in [0.1, 0.15) is 16.5 Å². The fourth-order valence-electron chi connectivity index (χ4n) is 1.89. The van der Waals surface area contributed by atoms with Crippen molar-refractivity contribution in [2.45, 2.75) is 0 Å². The van der Waals surface area contributed by atoms with Crippen LogP contribution in [0.3, 0.4) is 0 Å². The molecule has 0 saturated carbocycles. The summed E-state index contributed by atoms with van der Waals surface area (Å²) in [7, 11) is 3.11. The number of nitrogens with two attached hydrogens (primary N) is 1. The Balaban J connectivity index is 2.15. The summed E-state index contributed by atoms with van der Waals surface area (Å²) in [5.74, 6) is 0.309. The maximum atomic E-state index is 12.0. The van der Waals surface area contributed by atoms with Gasteiger partial charge >= 0.3 is 0 Å². The number of amides is 2. The standard InChI is InChI=1S/C16H16N2O4S/c1-21-11-4-5-13(22-2)10(9-11)3-6-14(19)18-16-12(15(17)20)7-8-23-16/h3-9H,1-2H3,(H2,17,20)(H,18,19). The first-order chi connectivity index (χ1) is 11.0. The van der Waals surface area contributed by atoms with Gasteiger partial charge in [-0.05, 0) is 35.7 Å². The molecule has 1 aromatic carbocycles. The van der Waals surface area contributed by atoms with Crippen LogP contribution in [-0.2, 0) is 4.79 Å². The van der Waals surface area contributed by atoms with E-state index in [9.17, 15) is 9.59 Å². The zero-order valence-corrected chi connectivity index (χ0v) is 13.5. The van der Waals surface area contributed by atoms with Crippen LogP contribution >= 0.6 is 11.3 Å². The van der Waals surface area contributed by atoms with Crippen LogP contribution in [0, 0.1) is 0 Å². The molecule has 0 fully saturated rings. The van der Waals surface area contributed by atoms with Gasteiger partial charge in [-0.2, -0.15) is 0 Å². The number of ether oxygens (including phenoxy) is 2. The van der Waals surface area contributed by atoms with Crippen LogP contribution in [0.15, 0.2) is 35.7 Å². The van der Waals surface area contributed by atoms with Crippen LogP contribution in [0.25, 0.3) is 6.08 Å². The first-order valence-corrected chi connectivity index (χ1v) is 7.51. The number of rotatable bonds is 6. The molecule has 1 aromatic heterocycles. The van der Waals surface area contributed by atoms with Crippen molar-refractivity contribution in [1.82, 2.24) is 0 Å². The number of anilines is 1. The number of thiophene rings is 1. The summed E-state index contributed by atoms with van der Waals surface area (Å²) in [6, 6.07) is 6.84. The molecule has 0 radical (unpaired) electrons. The molecule has 0 aliphatic carbocycles. The van der Waals surface area contributed by atoms with Gasteiger partial charge in [0.15, 0.2) is 0 Å². The highest BCUT2D eigenvalue weighted by molar-refractivity contribution is 7.14. The van der Waals surface area contributed by atoms with Crippen LogP contribution < -0.4 is 20.5 Å². The topological polar surface area (TPSA) is 90.7 Å². The summed E-state index contributed by atoms with van der Waals surface area (Å²) in [6.07, 6.45) is 2.95. The summed E-state index contributed by atoms with van der Waals surface area (Å²) < 4.78 is 10.4. The molecule has 7 heteroatoms. The number of benzene rings is 1. The summed E-state index contributed by atoms with van der Waals surface area (Å²) in [6.45, 7) is 0. The Labute approximate surface area is 137 Å². The van der Waals surface area contributed by atoms with Crippen molar-refractivity contribution in [3.8, 4) is 11.5 Å². The Morgan fingerprint density at radius 2 is 2.00 bits per heavy atom. The van der Waals surface area contributed by atoms with E-state index in [1.54, 1.807) is 49.9 Å². The van der Waals surface area contributed by atoms with Gasteiger partial charge in [0.05, 0.1) is 19.8 Å². The van der Waals surface area contributed by atoms with E-state index in [0.29, 0.717) is 22.1 Å². The van der Waals surface area contributed by atoms with E-state index < -0.39 is 5.91 Å². The fraction of sp³-hybridized carbons (Fsp3) is 0.125. The number of methoxy groups -OCH3 is 2. The van der Waals surface area contributed by atoms with E-state index in [-0.39, 0.29) is 11.5 Å². The SMILES string of the molecule is COc1ccc(OC)c(C=CC(=O)Nc2sccc2C(N)=O)c1. The monoisotopic (exact) mass is 332 g/mol. The highest BCUT2D eigenvalue weighted by Crippen LogP contribution is 2.26. The molecule has 0 aliphatic rings. The highest BCUT2D eigenvalue weighted by Gasteiger charge is 2.11. The maximum absolute atomic E-state index is 12.0. The zero-order valence-electron chi connectivity index (χ0n) is 12.7. The molecule has 0 bridgehead atoms. The number of hydrogen-bond acceptors (Lipinski definition) is 5. The smallest absolute Gasteiger partial charge is 0.251 e. The molecular weight excluding hydrogens is 316 g/mol. The molecule has 6 nitrogen and oxygen atoms in total. The van der Waals surface area contributed by atoms with Gasteiger partial charge in [0, 0.05) is 11.6 Å². The first-order valence-electron chi connectivity index (χ1n) is 6.63. The molecule has 1 heterocycles. The van der Waals surface area contributed by atoms with Crippen LogP contribution in [0.5, 0.6) is 11.5 Å². The Morgan fingerprint density at radius 3 is 2.65 bits per heavy atom. The fourth-order valence-corrected chi connectivity index (χ4v) is 2.68. The Hall–Kier alpha value is -2.80. The Morgan fingerprint density at radius 1 is 1.22 bits per heavy atom. The third kappa shape index (κ3) is 4.10. The molecule has 0 spiro atoms. The van der Waals surface area contributed by atoms with Crippen LogP contribution in [0.2, 0.25) is 0 Å². The molecule has 0 saturated heterocycles. The predicted octanol–water partition coefficient (Wildman–Crippen LogP) is 2.52. The minimum absolute atomic E-state index is 0.288. The van der Waals surface area contributed by atoms with Crippen molar-refractivity contribution in [1.29, 1.82) is 0 Å². The van der Waals surface area contributed by atoms with Crippen molar-refractivity contribution in [3.05, 3.63) is 46.8 Å². The molecule has 2 aromatic rings. The number of hydrogen-bond donors (Lipinski definition) is 2. The molecule has 0 atom stereocenters. The third-order valence-corrected chi connectivity index (χ3v) is 3.85. The molecule has 2 amide bonds.